The van der Waals surface area contributed by atoms with Crippen molar-refractivity contribution >= 4 is 22.6 Å². The largest absolute Gasteiger partial charge is 0.350 e. The van der Waals surface area contributed by atoms with Crippen molar-refractivity contribution in [2.45, 2.75) is 6.42 Å². The molecule has 1 aliphatic heterocycles. The van der Waals surface area contributed by atoms with Crippen LogP contribution in [0.1, 0.15) is 6.42 Å². The number of fused-ring (bicyclic) bond motifs is 1. The molecule has 1 saturated heterocycles. The van der Waals surface area contributed by atoms with E-state index in [1.165, 1.54) is 0 Å². The Balaban J connectivity index is 1.49. The van der Waals surface area contributed by atoms with Crippen LogP contribution in [0.15, 0.2) is 30.5 Å². The molecule has 0 radical (unpaired) electrons. The lowest BCUT2D eigenvalue weighted by molar-refractivity contribution is 0.149. The highest BCUT2D eigenvalue weighted by Gasteiger charge is 2.15. The summed E-state index contributed by atoms with van der Waals surface area (Å²) in [7, 11) is 6.05. The molecule has 0 aliphatic carbocycles. The van der Waals surface area contributed by atoms with Crippen LogP contribution < -0.4 is 5.32 Å². The number of anilines is 1. The molecular weight excluding hydrogens is 314 g/mol. The monoisotopic (exact) mass is 343 g/mol. The Morgan fingerprint density at radius 2 is 1.92 bits per heavy atom. The molecule has 0 bridgehead atoms. The molecule has 1 aromatic carbocycles. The van der Waals surface area contributed by atoms with Gasteiger partial charge in [0.1, 0.15) is 0 Å². The molecule has 0 saturated carbocycles. The van der Waals surface area contributed by atoms with Crippen LogP contribution in [-0.2, 0) is 7.05 Å². The smallest absolute Gasteiger partial charge is 0.321 e. The van der Waals surface area contributed by atoms with E-state index in [0.29, 0.717) is 0 Å². The molecule has 0 spiro atoms. The molecule has 1 N–H and O–H groups in total. The number of rotatable bonds is 5. The van der Waals surface area contributed by atoms with E-state index < -0.39 is 0 Å². The third-order valence-corrected chi connectivity index (χ3v) is 5.08. The molecule has 3 rings (SSSR count). The minimum atomic E-state index is -0.0465. The number of amides is 2. The van der Waals surface area contributed by atoms with E-state index >= 15 is 0 Å². The van der Waals surface area contributed by atoms with Gasteiger partial charge in [-0.1, -0.05) is 6.07 Å². The van der Waals surface area contributed by atoms with Gasteiger partial charge >= 0.3 is 6.03 Å². The summed E-state index contributed by atoms with van der Waals surface area (Å²) in [5.41, 5.74) is 1.99. The summed E-state index contributed by atoms with van der Waals surface area (Å²) in [5, 5.41) is 4.12. The van der Waals surface area contributed by atoms with Crippen LogP contribution in [-0.4, -0.2) is 78.7 Å². The van der Waals surface area contributed by atoms with Gasteiger partial charge in [0.05, 0.1) is 5.69 Å². The highest BCUT2D eigenvalue weighted by molar-refractivity contribution is 6.00. The number of nitrogens with zero attached hydrogens (tertiary/aromatic N) is 4. The number of benzene rings is 1. The van der Waals surface area contributed by atoms with Crippen molar-refractivity contribution in [3.8, 4) is 0 Å². The van der Waals surface area contributed by atoms with Gasteiger partial charge in [-0.3, -0.25) is 0 Å². The van der Waals surface area contributed by atoms with Gasteiger partial charge in [0.25, 0.3) is 0 Å². The first-order valence-electron chi connectivity index (χ1n) is 9.01. The van der Waals surface area contributed by atoms with E-state index in [2.05, 4.69) is 32.8 Å². The van der Waals surface area contributed by atoms with Gasteiger partial charge in [-0.15, -0.1) is 0 Å². The van der Waals surface area contributed by atoms with Crippen LogP contribution in [0.4, 0.5) is 10.5 Å². The summed E-state index contributed by atoms with van der Waals surface area (Å²) in [6.45, 7) is 6.35. The van der Waals surface area contributed by atoms with Crippen LogP contribution in [0.5, 0.6) is 0 Å². The fraction of sp³-hybridized carbons (Fsp3) is 0.526. The molecule has 2 heterocycles. The topological polar surface area (TPSA) is 43.8 Å². The van der Waals surface area contributed by atoms with Crippen LogP contribution in [0.2, 0.25) is 0 Å². The van der Waals surface area contributed by atoms with Gasteiger partial charge < -0.3 is 24.6 Å². The van der Waals surface area contributed by atoms with E-state index in [0.717, 1.165) is 62.3 Å². The lowest BCUT2D eigenvalue weighted by atomic mass is 10.2. The Kier molecular flexibility index (Phi) is 5.60. The van der Waals surface area contributed by atoms with Crippen LogP contribution in [0.3, 0.4) is 0 Å². The van der Waals surface area contributed by atoms with Gasteiger partial charge in [-0.2, -0.15) is 0 Å². The van der Waals surface area contributed by atoms with E-state index in [1.54, 1.807) is 4.90 Å². The van der Waals surface area contributed by atoms with E-state index in [4.69, 9.17) is 0 Å². The Bertz CT molecular complexity index is 718. The van der Waals surface area contributed by atoms with Crippen molar-refractivity contribution in [3.63, 3.8) is 0 Å². The Labute approximate surface area is 150 Å². The number of aromatic nitrogens is 1. The third-order valence-electron chi connectivity index (χ3n) is 5.08. The first-order valence-corrected chi connectivity index (χ1v) is 9.01. The maximum Gasteiger partial charge on any atom is 0.321 e. The summed E-state index contributed by atoms with van der Waals surface area (Å²) in [6.07, 6.45) is 3.02. The molecular formula is C19H29N5O. The number of carbonyl (C=O) groups excluding carboxylic acids is 1. The highest BCUT2D eigenvalue weighted by Crippen LogP contribution is 2.24. The predicted octanol–water partition coefficient (Wildman–Crippen LogP) is 2.28. The number of carbonyl (C=O) groups is 1. The zero-order valence-corrected chi connectivity index (χ0v) is 15.5. The minimum absolute atomic E-state index is 0.0465. The van der Waals surface area contributed by atoms with Crippen LogP contribution in [0, 0.1) is 0 Å². The van der Waals surface area contributed by atoms with Crippen molar-refractivity contribution < 1.29 is 4.79 Å². The number of likely N-dealkylation sites (N-methyl/N-ethyl adjacent to an activating group) is 1. The van der Waals surface area contributed by atoms with Crippen molar-refractivity contribution in [3.05, 3.63) is 30.5 Å². The zero-order chi connectivity index (χ0) is 17.8. The van der Waals surface area contributed by atoms with Crippen molar-refractivity contribution in [2.24, 2.45) is 7.05 Å². The fourth-order valence-electron chi connectivity index (χ4n) is 3.33. The number of nitrogens with one attached hydrogen (secondary N) is 1. The summed E-state index contributed by atoms with van der Waals surface area (Å²) < 4.78 is 2.06. The minimum Gasteiger partial charge on any atom is -0.350 e. The molecule has 1 aliphatic rings. The Hall–Kier alpha value is -2.05. The highest BCUT2D eigenvalue weighted by atomic mass is 16.2. The Morgan fingerprint density at radius 3 is 2.68 bits per heavy atom. The number of piperazine rings is 1. The van der Waals surface area contributed by atoms with E-state index in [-0.39, 0.29) is 6.03 Å². The average Bonchev–Trinajstić information content (AvgIpc) is 2.99. The lowest BCUT2D eigenvalue weighted by Crippen LogP contribution is -2.45. The molecule has 0 unspecified atom stereocenters. The van der Waals surface area contributed by atoms with Crippen LogP contribution >= 0.6 is 0 Å². The Morgan fingerprint density at radius 1 is 1.16 bits per heavy atom. The van der Waals surface area contributed by atoms with Gasteiger partial charge in [0.2, 0.25) is 0 Å². The molecule has 1 aromatic heterocycles. The SMILES string of the molecule is CN1CCN(CCCN(C)C(=O)Nc2cccc3c2ccn3C)CC1. The standard InChI is InChI=1S/C19H29N5O/c1-21-12-14-24(15-13-21)10-5-9-23(3)19(25)20-17-6-4-7-18-16(17)8-11-22(18)2/h4,6-8,11H,5,9-10,12-15H2,1-3H3,(H,20,25). The first-order chi connectivity index (χ1) is 12.0. The number of hydrogen-bond acceptors (Lipinski definition) is 3. The normalized spacial score (nSPS) is 16.3. The first kappa shape index (κ1) is 17.8. The molecule has 25 heavy (non-hydrogen) atoms. The van der Waals surface area contributed by atoms with E-state index in [9.17, 15) is 4.79 Å². The fourth-order valence-corrected chi connectivity index (χ4v) is 3.33. The predicted molar refractivity (Wildman–Crippen MR) is 103 cm³/mol. The maximum atomic E-state index is 12.5. The molecule has 6 nitrogen and oxygen atoms in total. The molecule has 2 aromatic rings. The molecule has 136 valence electrons. The van der Waals surface area contributed by atoms with Gasteiger partial charge in [-0.25, -0.2) is 4.79 Å². The number of aryl methyl sites for hydroxylation is 1. The van der Waals surface area contributed by atoms with Crippen molar-refractivity contribution in [2.75, 3.05) is 58.7 Å². The molecule has 0 atom stereocenters. The van der Waals surface area contributed by atoms with Crippen LogP contribution in [0.25, 0.3) is 10.9 Å². The summed E-state index contributed by atoms with van der Waals surface area (Å²) in [4.78, 5) is 19.1. The van der Waals surface area contributed by atoms with Gasteiger partial charge in [-0.05, 0) is 38.2 Å². The molecule has 1 fully saturated rings. The zero-order valence-electron chi connectivity index (χ0n) is 15.5. The summed E-state index contributed by atoms with van der Waals surface area (Å²) >= 11 is 0. The second-order valence-electron chi connectivity index (χ2n) is 7.02. The van der Waals surface area contributed by atoms with Crippen molar-refractivity contribution in [1.29, 1.82) is 0 Å². The molecule has 2 amide bonds. The van der Waals surface area contributed by atoms with Gasteiger partial charge in [0, 0.05) is 63.9 Å². The van der Waals surface area contributed by atoms with Crippen molar-refractivity contribution in [1.82, 2.24) is 19.3 Å². The maximum absolute atomic E-state index is 12.5. The third kappa shape index (κ3) is 4.32. The lowest BCUT2D eigenvalue weighted by Gasteiger charge is -2.32. The summed E-state index contributed by atoms with van der Waals surface area (Å²) in [6, 6.07) is 7.99. The molecule has 6 heteroatoms. The number of urea groups is 1. The number of hydrogen-bond donors (Lipinski definition) is 1. The average molecular weight is 343 g/mol. The summed E-state index contributed by atoms with van der Waals surface area (Å²) in [5.74, 6) is 0. The quantitative estimate of drug-likeness (QED) is 0.906. The van der Waals surface area contributed by atoms with E-state index in [1.807, 2.05) is 38.5 Å². The van der Waals surface area contributed by atoms with Gasteiger partial charge in [0.15, 0.2) is 0 Å². The second kappa shape index (κ2) is 7.89. The second-order valence-corrected chi connectivity index (χ2v) is 7.02.